The van der Waals surface area contributed by atoms with Gasteiger partial charge in [0.2, 0.25) is 0 Å². The van der Waals surface area contributed by atoms with Gasteiger partial charge in [-0.25, -0.2) is 0 Å². The van der Waals surface area contributed by atoms with Gasteiger partial charge in [0.05, 0.1) is 0 Å². The molecule has 1 nitrogen and oxygen atoms in total. The van der Waals surface area contributed by atoms with Crippen molar-refractivity contribution >= 4 is 10.9 Å². The van der Waals surface area contributed by atoms with Gasteiger partial charge in [0.1, 0.15) is 0 Å². The Morgan fingerprint density at radius 1 is 1.31 bits per heavy atom. The molecule has 0 aliphatic rings. The standard InChI is InChI=1S/C12H15N/c1-3-5-10-8-13-12-9(2)6-4-7-11(10)12/h4,6-8,13H,3,5H2,1-2H3. The number of para-hydroxylation sites is 1. The van der Waals surface area contributed by atoms with Crippen LogP contribution in [0.2, 0.25) is 0 Å². The van der Waals surface area contributed by atoms with E-state index in [0.29, 0.717) is 0 Å². The molecule has 1 N–H and O–H groups in total. The number of benzene rings is 1. The topological polar surface area (TPSA) is 15.8 Å². The van der Waals surface area contributed by atoms with Crippen molar-refractivity contribution in [2.45, 2.75) is 26.7 Å². The van der Waals surface area contributed by atoms with Crippen LogP contribution >= 0.6 is 0 Å². The van der Waals surface area contributed by atoms with E-state index in [9.17, 15) is 0 Å². The molecule has 13 heavy (non-hydrogen) atoms. The molecule has 0 saturated heterocycles. The lowest BCUT2D eigenvalue weighted by Gasteiger charge is -1.97. The first-order chi connectivity index (χ1) is 6.33. The van der Waals surface area contributed by atoms with Gasteiger partial charge in [0.15, 0.2) is 0 Å². The SMILES string of the molecule is CCCc1c[nH]c2c(C)cccc12. The monoisotopic (exact) mass is 173 g/mol. The highest BCUT2D eigenvalue weighted by atomic mass is 14.7. The molecule has 0 radical (unpaired) electrons. The van der Waals surface area contributed by atoms with Crippen molar-refractivity contribution in [1.29, 1.82) is 0 Å². The first-order valence-electron chi connectivity index (χ1n) is 4.88. The number of hydrogen-bond acceptors (Lipinski definition) is 0. The number of fused-ring (bicyclic) bond motifs is 1. The minimum atomic E-state index is 1.17. The van der Waals surface area contributed by atoms with Crippen LogP contribution in [0.1, 0.15) is 24.5 Å². The molecule has 0 spiro atoms. The summed E-state index contributed by atoms with van der Waals surface area (Å²) in [5, 5.41) is 1.39. The van der Waals surface area contributed by atoms with Gasteiger partial charge in [-0.3, -0.25) is 0 Å². The van der Waals surface area contributed by atoms with Gasteiger partial charge in [-0.2, -0.15) is 0 Å². The Bertz CT molecular complexity index is 412. The summed E-state index contributed by atoms with van der Waals surface area (Å²) in [4.78, 5) is 3.34. The summed E-state index contributed by atoms with van der Waals surface area (Å²) < 4.78 is 0. The first kappa shape index (κ1) is 8.36. The number of nitrogens with one attached hydrogen (secondary N) is 1. The summed E-state index contributed by atoms with van der Waals surface area (Å²) in [6.45, 7) is 4.36. The Balaban J connectivity index is 2.61. The fourth-order valence-corrected chi connectivity index (χ4v) is 1.84. The summed E-state index contributed by atoms with van der Waals surface area (Å²) in [6.07, 6.45) is 4.52. The van der Waals surface area contributed by atoms with E-state index in [2.05, 4.69) is 43.2 Å². The van der Waals surface area contributed by atoms with E-state index in [-0.39, 0.29) is 0 Å². The molecule has 1 heteroatoms. The third kappa shape index (κ3) is 1.35. The zero-order chi connectivity index (χ0) is 9.26. The van der Waals surface area contributed by atoms with E-state index >= 15 is 0 Å². The van der Waals surface area contributed by atoms with Crippen molar-refractivity contribution in [1.82, 2.24) is 4.98 Å². The Labute approximate surface area is 78.8 Å². The van der Waals surface area contributed by atoms with Gasteiger partial charge in [0.25, 0.3) is 0 Å². The van der Waals surface area contributed by atoms with Crippen LogP contribution in [0.5, 0.6) is 0 Å². The molecule has 0 aliphatic heterocycles. The summed E-state index contributed by atoms with van der Waals surface area (Å²) in [6, 6.07) is 6.48. The molecule has 0 unspecified atom stereocenters. The maximum Gasteiger partial charge on any atom is 0.0486 e. The fraction of sp³-hybridized carbons (Fsp3) is 0.333. The molecule has 2 aromatic rings. The molecule has 0 fully saturated rings. The van der Waals surface area contributed by atoms with Crippen molar-refractivity contribution in [3.8, 4) is 0 Å². The molecule has 1 aromatic carbocycles. The van der Waals surface area contributed by atoms with E-state index < -0.39 is 0 Å². The second kappa shape index (κ2) is 3.25. The number of aromatic amines is 1. The van der Waals surface area contributed by atoms with Gasteiger partial charge in [-0.1, -0.05) is 31.5 Å². The van der Waals surface area contributed by atoms with E-state index in [1.807, 2.05) is 0 Å². The minimum Gasteiger partial charge on any atom is -0.361 e. The van der Waals surface area contributed by atoms with Gasteiger partial charge < -0.3 is 4.98 Å². The number of aromatic nitrogens is 1. The van der Waals surface area contributed by atoms with Crippen molar-refractivity contribution < 1.29 is 0 Å². The second-order valence-electron chi connectivity index (χ2n) is 3.56. The van der Waals surface area contributed by atoms with Crippen LogP contribution in [0.25, 0.3) is 10.9 Å². The Kier molecular flexibility index (Phi) is 2.09. The third-order valence-electron chi connectivity index (χ3n) is 2.53. The highest BCUT2D eigenvalue weighted by molar-refractivity contribution is 5.85. The lowest BCUT2D eigenvalue weighted by Crippen LogP contribution is -1.79. The molecule has 1 heterocycles. The second-order valence-corrected chi connectivity index (χ2v) is 3.56. The van der Waals surface area contributed by atoms with Crippen LogP contribution in [-0.2, 0) is 6.42 Å². The van der Waals surface area contributed by atoms with Crippen LogP contribution in [0.15, 0.2) is 24.4 Å². The van der Waals surface area contributed by atoms with E-state index in [0.717, 1.165) is 0 Å². The quantitative estimate of drug-likeness (QED) is 0.716. The lowest BCUT2D eigenvalue weighted by molar-refractivity contribution is 0.929. The zero-order valence-electron chi connectivity index (χ0n) is 8.22. The largest absolute Gasteiger partial charge is 0.361 e. The van der Waals surface area contributed by atoms with Crippen LogP contribution < -0.4 is 0 Å². The first-order valence-corrected chi connectivity index (χ1v) is 4.88. The summed E-state index contributed by atoms with van der Waals surface area (Å²) >= 11 is 0. The Hall–Kier alpha value is -1.24. The molecule has 0 aliphatic carbocycles. The molecular formula is C12H15N. The highest BCUT2D eigenvalue weighted by Gasteiger charge is 2.03. The number of H-pyrrole nitrogens is 1. The van der Waals surface area contributed by atoms with Crippen LogP contribution in [0.4, 0.5) is 0 Å². The molecule has 1 aromatic heterocycles. The van der Waals surface area contributed by atoms with Crippen molar-refractivity contribution in [2.75, 3.05) is 0 Å². The molecule has 0 saturated carbocycles. The van der Waals surface area contributed by atoms with Gasteiger partial charge in [0, 0.05) is 17.1 Å². The normalized spacial score (nSPS) is 10.9. The number of aryl methyl sites for hydroxylation is 2. The maximum atomic E-state index is 3.34. The average molecular weight is 173 g/mol. The molecule has 0 bridgehead atoms. The fourth-order valence-electron chi connectivity index (χ4n) is 1.84. The van der Waals surface area contributed by atoms with Gasteiger partial charge in [-0.15, -0.1) is 0 Å². The predicted molar refractivity (Wildman–Crippen MR) is 57.0 cm³/mol. The van der Waals surface area contributed by atoms with Crippen LogP contribution in [0, 0.1) is 6.92 Å². The Morgan fingerprint density at radius 3 is 2.92 bits per heavy atom. The van der Waals surface area contributed by atoms with Crippen molar-refractivity contribution in [2.24, 2.45) is 0 Å². The van der Waals surface area contributed by atoms with Crippen molar-refractivity contribution in [3.63, 3.8) is 0 Å². The van der Waals surface area contributed by atoms with E-state index in [1.165, 1.54) is 34.9 Å². The molecular weight excluding hydrogens is 158 g/mol. The van der Waals surface area contributed by atoms with E-state index in [1.54, 1.807) is 0 Å². The molecule has 0 amide bonds. The molecule has 2 rings (SSSR count). The highest BCUT2D eigenvalue weighted by Crippen LogP contribution is 2.21. The van der Waals surface area contributed by atoms with Crippen molar-refractivity contribution in [3.05, 3.63) is 35.5 Å². The summed E-state index contributed by atoms with van der Waals surface area (Å²) in [5.41, 5.74) is 4.08. The molecule has 0 atom stereocenters. The minimum absolute atomic E-state index is 1.17. The number of hydrogen-bond donors (Lipinski definition) is 1. The lowest BCUT2D eigenvalue weighted by atomic mass is 10.1. The Morgan fingerprint density at radius 2 is 2.15 bits per heavy atom. The van der Waals surface area contributed by atoms with Crippen LogP contribution in [0.3, 0.4) is 0 Å². The van der Waals surface area contributed by atoms with Crippen LogP contribution in [-0.4, -0.2) is 4.98 Å². The maximum absolute atomic E-state index is 3.34. The third-order valence-corrected chi connectivity index (χ3v) is 2.53. The summed E-state index contributed by atoms with van der Waals surface area (Å²) in [5.74, 6) is 0. The zero-order valence-corrected chi connectivity index (χ0v) is 8.22. The smallest absolute Gasteiger partial charge is 0.0486 e. The number of rotatable bonds is 2. The average Bonchev–Trinajstić information content (AvgIpc) is 2.51. The molecule has 68 valence electrons. The van der Waals surface area contributed by atoms with E-state index in [4.69, 9.17) is 0 Å². The predicted octanol–water partition coefficient (Wildman–Crippen LogP) is 3.43. The van der Waals surface area contributed by atoms with Gasteiger partial charge >= 0.3 is 0 Å². The van der Waals surface area contributed by atoms with Gasteiger partial charge in [-0.05, 0) is 24.5 Å². The summed E-state index contributed by atoms with van der Waals surface area (Å²) in [7, 11) is 0.